The lowest BCUT2D eigenvalue weighted by Gasteiger charge is -2.19. The second kappa shape index (κ2) is 9.54. The van der Waals surface area contributed by atoms with E-state index in [9.17, 15) is 14.4 Å². The molecule has 2 atom stereocenters. The van der Waals surface area contributed by atoms with Crippen molar-refractivity contribution in [3.63, 3.8) is 0 Å². The van der Waals surface area contributed by atoms with E-state index in [0.29, 0.717) is 34.8 Å². The van der Waals surface area contributed by atoms with E-state index in [1.807, 2.05) is 18.2 Å². The van der Waals surface area contributed by atoms with E-state index >= 15 is 0 Å². The number of rotatable bonds is 7. The van der Waals surface area contributed by atoms with Crippen molar-refractivity contribution >= 4 is 34.5 Å². The molecule has 1 aliphatic rings. The highest BCUT2D eigenvalue weighted by molar-refractivity contribution is 8.00. The summed E-state index contributed by atoms with van der Waals surface area (Å²) in [5.74, 6) is -1.06. The third kappa shape index (κ3) is 4.53. The minimum atomic E-state index is -0.736. The van der Waals surface area contributed by atoms with Crippen LogP contribution in [0.1, 0.15) is 34.0 Å². The summed E-state index contributed by atoms with van der Waals surface area (Å²) in [7, 11) is 1.29. The Morgan fingerprint density at radius 2 is 2.06 bits per heavy atom. The predicted octanol–water partition coefficient (Wildman–Crippen LogP) is 2.68. The fraction of sp³-hybridized carbons (Fsp3) is 0.304. The minimum absolute atomic E-state index is 0.107. The average Bonchev–Trinajstić information content (AvgIpc) is 3.32. The van der Waals surface area contributed by atoms with Gasteiger partial charge in [-0.25, -0.2) is 9.78 Å². The van der Waals surface area contributed by atoms with Gasteiger partial charge in [-0.2, -0.15) is 0 Å². The van der Waals surface area contributed by atoms with E-state index in [-0.39, 0.29) is 17.2 Å². The maximum atomic E-state index is 13.4. The van der Waals surface area contributed by atoms with Crippen molar-refractivity contribution in [2.75, 3.05) is 13.7 Å². The molecule has 0 radical (unpaired) electrons. The summed E-state index contributed by atoms with van der Waals surface area (Å²) in [6.45, 7) is 0.975. The molecule has 1 amide bonds. The summed E-state index contributed by atoms with van der Waals surface area (Å²) < 4.78 is 12.1. The van der Waals surface area contributed by atoms with Crippen LogP contribution in [0.2, 0.25) is 0 Å². The number of fused-ring (bicyclic) bond motifs is 1. The van der Waals surface area contributed by atoms with Crippen LogP contribution in [0, 0.1) is 0 Å². The summed E-state index contributed by atoms with van der Waals surface area (Å²) in [6, 6.07) is 13.7. The van der Waals surface area contributed by atoms with Crippen LogP contribution in [0.3, 0.4) is 0 Å². The number of benzene rings is 2. The van der Waals surface area contributed by atoms with Gasteiger partial charge in [-0.15, -0.1) is 0 Å². The molecule has 2 heterocycles. The second-order valence-electron chi connectivity index (χ2n) is 7.48. The highest BCUT2D eigenvalue weighted by atomic mass is 32.2. The van der Waals surface area contributed by atoms with E-state index in [1.165, 1.54) is 19.2 Å². The quantitative estimate of drug-likeness (QED) is 0.332. The number of methoxy groups -OCH3 is 1. The van der Waals surface area contributed by atoms with Crippen molar-refractivity contribution in [3.8, 4) is 0 Å². The zero-order valence-electron chi connectivity index (χ0n) is 17.5. The van der Waals surface area contributed by atoms with E-state index in [0.717, 1.165) is 24.6 Å². The first kappa shape index (κ1) is 22.0. The van der Waals surface area contributed by atoms with Crippen LogP contribution < -0.4 is 11.3 Å². The molecule has 3 aromatic rings. The molecule has 2 N–H and O–H groups in total. The fourth-order valence-electron chi connectivity index (χ4n) is 3.71. The number of amides is 1. The lowest BCUT2D eigenvalue weighted by atomic mass is 10.1. The van der Waals surface area contributed by atoms with E-state index in [2.05, 4.69) is 4.98 Å². The molecule has 2 aromatic carbocycles. The summed E-state index contributed by atoms with van der Waals surface area (Å²) in [6.07, 6.45) is 1.66. The van der Waals surface area contributed by atoms with Gasteiger partial charge in [0.2, 0.25) is 5.91 Å². The molecule has 9 heteroatoms. The molecular weight excluding hydrogens is 430 g/mol. The zero-order chi connectivity index (χ0) is 22.7. The molecule has 0 saturated carbocycles. The number of hydrogen-bond donors (Lipinski definition) is 1. The van der Waals surface area contributed by atoms with Crippen LogP contribution in [0.25, 0.3) is 10.9 Å². The maximum absolute atomic E-state index is 13.4. The Morgan fingerprint density at radius 1 is 1.28 bits per heavy atom. The number of esters is 1. The SMILES string of the molecule is COC(=O)c1ccc2c(=O)n(CC3CCCO3)c(SC(C(N)=O)c3ccccc3)nc2c1. The van der Waals surface area contributed by atoms with Crippen molar-refractivity contribution in [1.82, 2.24) is 9.55 Å². The van der Waals surface area contributed by atoms with E-state index in [4.69, 9.17) is 15.2 Å². The highest BCUT2D eigenvalue weighted by Crippen LogP contribution is 2.34. The third-order valence-electron chi connectivity index (χ3n) is 5.34. The number of primary amides is 1. The van der Waals surface area contributed by atoms with Crippen LogP contribution in [-0.2, 0) is 20.8 Å². The third-order valence-corrected chi connectivity index (χ3v) is 6.60. The number of carbonyl (C=O) groups is 2. The smallest absolute Gasteiger partial charge is 0.337 e. The first-order valence-corrected chi connectivity index (χ1v) is 11.1. The number of hydrogen-bond acceptors (Lipinski definition) is 7. The summed E-state index contributed by atoms with van der Waals surface area (Å²) in [4.78, 5) is 42.3. The standard InChI is InChI=1S/C23H23N3O5S/c1-30-22(29)15-9-10-17-18(12-15)25-23(26(21(17)28)13-16-8-5-11-31-16)32-19(20(24)27)14-6-3-2-4-7-14/h2-4,6-7,9-10,12,16,19H,5,8,11,13H2,1H3,(H2,24,27). The molecule has 32 heavy (non-hydrogen) atoms. The van der Waals surface area contributed by atoms with Crippen LogP contribution in [-0.4, -0.2) is 41.2 Å². The van der Waals surface area contributed by atoms with Crippen molar-refractivity contribution < 1.29 is 19.1 Å². The minimum Gasteiger partial charge on any atom is -0.465 e. The molecule has 4 rings (SSSR count). The Kier molecular flexibility index (Phi) is 6.57. The highest BCUT2D eigenvalue weighted by Gasteiger charge is 2.25. The zero-order valence-corrected chi connectivity index (χ0v) is 18.3. The largest absolute Gasteiger partial charge is 0.465 e. The van der Waals surface area contributed by atoms with Gasteiger partial charge < -0.3 is 15.2 Å². The Hall–Kier alpha value is -3.17. The topological polar surface area (TPSA) is 114 Å². The van der Waals surface area contributed by atoms with Gasteiger partial charge in [-0.05, 0) is 36.6 Å². The van der Waals surface area contributed by atoms with Crippen molar-refractivity contribution in [2.24, 2.45) is 5.73 Å². The number of carbonyl (C=O) groups excluding carboxylic acids is 2. The molecule has 0 aliphatic carbocycles. The molecule has 1 saturated heterocycles. The lowest BCUT2D eigenvalue weighted by Crippen LogP contribution is -2.30. The Morgan fingerprint density at radius 3 is 2.72 bits per heavy atom. The van der Waals surface area contributed by atoms with Crippen LogP contribution >= 0.6 is 11.8 Å². The summed E-state index contributed by atoms with van der Waals surface area (Å²) in [5.41, 5.74) is 6.79. The molecule has 166 valence electrons. The molecule has 2 unspecified atom stereocenters. The first-order valence-electron chi connectivity index (χ1n) is 10.2. The lowest BCUT2D eigenvalue weighted by molar-refractivity contribution is -0.117. The average molecular weight is 454 g/mol. The summed E-state index contributed by atoms with van der Waals surface area (Å²) >= 11 is 1.11. The molecule has 1 aliphatic heterocycles. The van der Waals surface area contributed by atoms with Gasteiger partial charge in [0.15, 0.2) is 5.16 Å². The van der Waals surface area contributed by atoms with Crippen LogP contribution in [0.15, 0.2) is 58.5 Å². The molecular formula is C23H23N3O5S. The summed E-state index contributed by atoms with van der Waals surface area (Å²) in [5, 5.41) is -0.0249. The molecule has 1 aromatic heterocycles. The van der Waals surface area contributed by atoms with Gasteiger partial charge >= 0.3 is 5.97 Å². The predicted molar refractivity (Wildman–Crippen MR) is 121 cm³/mol. The fourth-order valence-corrected chi connectivity index (χ4v) is 4.77. The Balaban J connectivity index is 1.83. The van der Waals surface area contributed by atoms with E-state index in [1.54, 1.807) is 22.8 Å². The van der Waals surface area contributed by atoms with Gasteiger partial charge in [0.25, 0.3) is 5.56 Å². The van der Waals surface area contributed by atoms with Crippen molar-refractivity contribution in [3.05, 3.63) is 70.0 Å². The van der Waals surface area contributed by atoms with Gasteiger partial charge in [0.1, 0.15) is 5.25 Å². The first-order chi connectivity index (χ1) is 15.5. The Bertz CT molecular complexity index is 1210. The second-order valence-corrected chi connectivity index (χ2v) is 8.55. The normalized spacial score (nSPS) is 16.7. The van der Waals surface area contributed by atoms with E-state index < -0.39 is 17.1 Å². The van der Waals surface area contributed by atoms with Gasteiger partial charge in [-0.1, -0.05) is 42.1 Å². The monoisotopic (exact) mass is 453 g/mol. The van der Waals surface area contributed by atoms with Crippen LogP contribution in [0.5, 0.6) is 0 Å². The maximum Gasteiger partial charge on any atom is 0.337 e. The molecule has 0 spiro atoms. The van der Waals surface area contributed by atoms with Gasteiger partial charge in [-0.3, -0.25) is 14.2 Å². The molecule has 8 nitrogen and oxygen atoms in total. The van der Waals surface area contributed by atoms with Crippen molar-refractivity contribution in [1.29, 1.82) is 0 Å². The van der Waals surface area contributed by atoms with Crippen LogP contribution in [0.4, 0.5) is 0 Å². The number of thioether (sulfide) groups is 1. The van der Waals surface area contributed by atoms with Gasteiger partial charge in [0, 0.05) is 6.61 Å². The molecule has 0 bridgehead atoms. The number of aromatic nitrogens is 2. The Labute approximate surface area is 188 Å². The number of nitrogens with two attached hydrogens (primary N) is 1. The number of ether oxygens (including phenoxy) is 2. The molecule has 1 fully saturated rings. The van der Waals surface area contributed by atoms with Crippen molar-refractivity contribution in [2.45, 2.75) is 35.9 Å². The number of nitrogens with zero attached hydrogens (tertiary/aromatic N) is 2. The van der Waals surface area contributed by atoms with Gasteiger partial charge in [0.05, 0.1) is 36.2 Å².